The zero-order chi connectivity index (χ0) is 14.0. The number of carbonyl (C=O) groups excluding carboxylic acids is 1. The highest BCUT2D eigenvalue weighted by atomic mass is 79.9. The summed E-state index contributed by atoms with van der Waals surface area (Å²) in [5, 5.41) is 11.8. The maximum Gasteiger partial charge on any atom is 0.306 e. The van der Waals surface area contributed by atoms with Crippen molar-refractivity contribution in [3.63, 3.8) is 0 Å². The lowest BCUT2D eigenvalue weighted by atomic mass is 10.0. The normalized spacial score (nSPS) is 22.2. The second kappa shape index (κ2) is 5.74. The number of nitrogens with one attached hydrogen (secondary N) is 1. The standard InChI is InChI=1S/C14H16BrNO3/c1-8-2-5-11(15)7-12(8)16-13(17)9-3-4-10(6-9)14(18)19/h2,5,7,9-10H,3-4,6H2,1H3,(H,16,17)(H,18,19). The van der Waals surface area contributed by atoms with Crippen LogP contribution in [-0.4, -0.2) is 17.0 Å². The SMILES string of the molecule is Cc1ccc(Br)cc1NC(=O)C1CCC(C(=O)O)C1. The van der Waals surface area contributed by atoms with Crippen LogP contribution in [0.25, 0.3) is 0 Å². The van der Waals surface area contributed by atoms with Gasteiger partial charge in [0.25, 0.3) is 0 Å². The van der Waals surface area contributed by atoms with Gasteiger partial charge in [0.05, 0.1) is 5.92 Å². The number of amides is 1. The Balaban J connectivity index is 2.02. The van der Waals surface area contributed by atoms with Crippen molar-refractivity contribution >= 4 is 33.5 Å². The molecule has 1 fully saturated rings. The molecule has 1 aliphatic carbocycles. The summed E-state index contributed by atoms with van der Waals surface area (Å²) in [6, 6.07) is 5.70. The minimum absolute atomic E-state index is 0.0787. The van der Waals surface area contributed by atoms with Gasteiger partial charge in [-0.05, 0) is 43.9 Å². The second-order valence-electron chi connectivity index (χ2n) is 4.99. The topological polar surface area (TPSA) is 66.4 Å². The number of rotatable bonds is 3. The quantitative estimate of drug-likeness (QED) is 0.896. The van der Waals surface area contributed by atoms with E-state index in [4.69, 9.17) is 5.11 Å². The Labute approximate surface area is 120 Å². The Morgan fingerprint density at radius 2 is 2.00 bits per heavy atom. The van der Waals surface area contributed by atoms with E-state index in [1.807, 2.05) is 25.1 Å². The Bertz CT molecular complexity index is 515. The van der Waals surface area contributed by atoms with E-state index in [1.165, 1.54) is 0 Å². The molecule has 1 amide bonds. The first-order chi connectivity index (χ1) is 8.97. The number of benzene rings is 1. The molecule has 1 aromatic rings. The number of aryl methyl sites for hydroxylation is 1. The van der Waals surface area contributed by atoms with Crippen molar-refractivity contribution in [2.24, 2.45) is 11.8 Å². The molecule has 1 saturated carbocycles. The first kappa shape index (κ1) is 14.1. The number of hydrogen-bond acceptors (Lipinski definition) is 2. The van der Waals surface area contributed by atoms with Gasteiger partial charge in [-0.2, -0.15) is 0 Å². The van der Waals surface area contributed by atoms with Crippen molar-refractivity contribution < 1.29 is 14.7 Å². The number of carboxylic acid groups (broad SMARTS) is 1. The predicted octanol–water partition coefficient (Wildman–Crippen LogP) is 3.20. The predicted molar refractivity (Wildman–Crippen MR) is 76.0 cm³/mol. The van der Waals surface area contributed by atoms with Crippen molar-refractivity contribution in [2.75, 3.05) is 5.32 Å². The van der Waals surface area contributed by atoms with Gasteiger partial charge in [0, 0.05) is 16.1 Å². The molecule has 0 radical (unpaired) electrons. The van der Waals surface area contributed by atoms with E-state index in [9.17, 15) is 9.59 Å². The lowest BCUT2D eigenvalue weighted by Gasteiger charge is -2.13. The van der Waals surface area contributed by atoms with Crippen molar-refractivity contribution in [1.29, 1.82) is 0 Å². The summed E-state index contributed by atoms with van der Waals surface area (Å²) >= 11 is 3.37. The Hall–Kier alpha value is -1.36. The molecule has 5 heteroatoms. The average molecular weight is 326 g/mol. The molecule has 19 heavy (non-hydrogen) atoms. The third kappa shape index (κ3) is 3.35. The molecule has 2 rings (SSSR count). The summed E-state index contributed by atoms with van der Waals surface area (Å²) < 4.78 is 0.906. The lowest BCUT2D eigenvalue weighted by Crippen LogP contribution is -2.22. The minimum Gasteiger partial charge on any atom is -0.481 e. The number of hydrogen-bond donors (Lipinski definition) is 2. The van der Waals surface area contributed by atoms with Gasteiger partial charge < -0.3 is 10.4 Å². The van der Waals surface area contributed by atoms with E-state index in [-0.39, 0.29) is 17.7 Å². The fraction of sp³-hybridized carbons (Fsp3) is 0.429. The van der Waals surface area contributed by atoms with Gasteiger partial charge >= 0.3 is 5.97 Å². The van der Waals surface area contributed by atoms with Crippen molar-refractivity contribution in [3.05, 3.63) is 28.2 Å². The summed E-state index contributed by atoms with van der Waals surface area (Å²) in [4.78, 5) is 23.0. The molecule has 0 heterocycles. The monoisotopic (exact) mass is 325 g/mol. The molecule has 4 nitrogen and oxygen atoms in total. The van der Waals surface area contributed by atoms with Gasteiger partial charge in [-0.1, -0.05) is 22.0 Å². The van der Waals surface area contributed by atoms with Gasteiger partial charge in [-0.3, -0.25) is 9.59 Å². The van der Waals surface area contributed by atoms with Crippen LogP contribution in [0.1, 0.15) is 24.8 Å². The third-order valence-corrected chi connectivity index (χ3v) is 4.10. The molecular formula is C14H16BrNO3. The van der Waals surface area contributed by atoms with Crippen molar-refractivity contribution in [2.45, 2.75) is 26.2 Å². The van der Waals surface area contributed by atoms with Gasteiger partial charge in [-0.15, -0.1) is 0 Å². The molecule has 2 unspecified atom stereocenters. The molecule has 0 aromatic heterocycles. The molecule has 2 atom stereocenters. The van der Waals surface area contributed by atoms with E-state index < -0.39 is 5.97 Å². The van der Waals surface area contributed by atoms with E-state index in [0.717, 1.165) is 15.7 Å². The van der Waals surface area contributed by atoms with Crippen LogP contribution in [0.2, 0.25) is 0 Å². The number of aliphatic carboxylic acids is 1. The highest BCUT2D eigenvalue weighted by molar-refractivity contribution is 9.10. The van der Waals surface area contributed by atoms with Crippen molar-refractivity contribution in [1.82, 2.24) is 0 Å². The zero-order valence-electron chi connectivity index (χ0n) is 10.6. The first-order valence-electron chi connectivity index (χ1n) is 6.27. The maximum absolute atomic E-state index is 12.1. The van der Waals surface area contributed by atoms with Crippen LogP contribution in [0, 0.1) is 18.8 Å². The highest BCUT2D eigenvalue weighted by Crippen LogP contribution is 2.32. The molecule has 102 valence electrons. The molecule has 0 aliphatic heterocycles. The van der Waals surface area contributed by atoms with Gasteiger partial charge in [0.1, 0.15) is 0 Å². The van der Waals surface area contributed by atoms with Crippen LogP contribution in [-0.2, 0) is 9.59 Å². The fourth-order valence-corrected chi connectivity index (χ4v) is 2.77. The zero-order valence-corrected chi connectivity index (χ0v) is 12.2. The molecule has 1 aromatic carbocycles. The number of anilines is 1. The summed E-state index contributed by atoms with van der Waals surface area (Å²) in [5.74, 6) is -1.45. The first-order valence-corrected chi connectivity index (χ1v) is 7.06. The maximum atomic E-state index is 12.1. The largest absolute Gasteiger partial charge is 0.481 e. The smallest absolute Gasteiger partial charge is 0.306 e. The number of halogens is 1. The van der Waals surface area contributed by atoms with E-state index in [1.54, 1.807) is 0 Å². The average Bonchev–Trinajstić information content (AvgIpc) is 2.83. The Morgan fingerprint density at radius 1 is 1.32 bits per heavy atom. The summed E-state index contributed by atoms with van der Waals surface area (Å²) in [6.07, 6.45) is 1.68. The van der Waals surface area contributed by atoms with Gasteiger partial charge in [-0.25, -0.2) is 0 Å². The molecule has 0 spiro atoms. The molecular weight excluding hydrogens is 310 g/mol. The number of carboxylic acids is 1. The second-order valence-corrected chi connectivity index (χ2v) is 5.91. The molecule has 2 N–H and O–H groups in total. The van der Waals surface area contributed by atoms with Crippen LogP contribution in [0.3, 0.4) is 0 Å². The third-order valence-electron chi connectivity index (χ3n) is 3.61. The van der Waals surface area contributed by atoms with Crippen LogP contribution >= 0.6 is 15.9 Å². The summed E-state index contributed by atoms with van der Waals surface area (Å²) in [5.41, 5.74) is 1.77. The van der Waals surface area contributed by atoms with Crippen LogP contribution in [0.4, 0.5) is 5.69 Å². The van der Waals surface area contributed by atoms with Gasteiger partial charge in [0.2, 0.25) is 5.91 Å². The van der Waals surface area contributed by atoms with E-state index >= 15 is 0 Å². The number of carbonyl (C=O) groups is 2. The molecule has 0 bridgehead atoms. The lowest BCUT2D eigenvalue weighted by molar-refractivity contribution is -0.141. The highest BCUT2D eigenvalue weighted by Gasteiger charge is 2.33. The Kier molecular flexibility index (Phi) is 4.24. The van der Waals surface area contributed by atoms with Crippen LogP contribution in [0.15, 0.2) is 22.7 Å². The molecule has 1 aliphatic rings. The Morgan fingerprint density at radius 3 is 2.63 bits per heavy atom. The van der Waals surface area contributed by atoms with Gasteiger partial charge in [0.15, 0.2) is 0 Å². The minimum atomic E-state index is -0.797. The van der Waals surface area contributed by atoms with Crippen LogP contribution < -0.4 is 5.32 Å². The van der Waals surface area contributed by atoms with Crippen LogP contribution in [0.5, 0.6) is 0 Å². The molecule has 0 saturated heterocycles. The van der Waals surface area contributed by atoms with E-state index in [0.29, 0.717) is 19.3 Å². The van der Waals surface area contributed by atoms with E-state index in [2.05, 4.69) is 21.2 Å². The van der Waals surface area contributed by atoms with Crippen molar-refractivity contribution in [3.8, 4) is 0 Å². The fourth-order valence-electron chi connectivity index (χ4n) is 2.41. The summed E-state index contributed by atoms with van der Waals surface area (Å²) in [6.45, 7) is 1.93. The summed E-state index contributed by atoms with van der Waals surface area (Å²) in [7, 11) is 0.